The molecule has 1 aliphatic heterocycles. The van der Waals surface area contributed by atoms with Gasteiger partial charge in [-0.25, -0.2) is 4.79 Å². The molecule has 0 unspecified atom stereocenters. The molecule has 0 radical (unpaired) electrons. The number of benzene rings is 2. The van der Waals surface area contributed by atoms with E-state index in [4.69, 9.17) is 10.00 Å². The van der Waals surface area contributed by atoms with Crippen LogP contribution in [0.5, 0.6) is 0 Å². The molecule has 2 heterocycles. The first-order chi connectivity index (χ1) is 12.7. The number of fused-ring (bicyclic) bond motifs is 1. The summed E-state index contributed by atoms with van der Waals surface area (Å²) < 4.78 is 5.41. The standard InChI is InChI=1S/C19H14N4O3/c20-11-12-5-7-13(8-6-12)23-10-9-16(18(23)24)26-19(25)17-14-3-1-2-4-15(14)21-22-17/h1-8,16H,9-10H2,(H,21,22)/t16-/m1/s1. The summed E-state index contributed by atoms with van der Waals surface area (Å²) in [4.78, 5) is 26.6. The van der Waals surface area contributed by atoms with Crippen LogP contribution < -0.4 is 4.90 Å². The van der Waals surface area contributed by atoms with Gasteiger partial charge in [-0.3, -0.25) is 9.89 Å². The Bertz CT molecular complexity index is 1030. The number of esters is 1. The van der Waals surface area contributed by atoms with Gasteiger partial charge >= 0.3 is 5.97 Å². The number of nitrogens with one attached hydrogen (secondary N) is 1. The number of para-hydroxylation sites is 1. The van der Waals surface area contributed by atoms with Crippen molar-refractivity contribution in [2.75, 3.05) is 11.4 Å². The third-order valence-electron chi connectivity index (χ3n) is 4.38. The molecule has 0 aliphatic carbocycles. The SMILES string of the molecule is N#Cc1ccc(N2CC[C@@H](OC(=O)c3n[nH]c4ccccc34)C2=O)cc1. The number of hydrogen-bond donors (Lipinski definition) is 1. The number of rotatable bonds is 3. The monoisotopic (exact) mass is 346 g/mol. The molecule has 1 aliphatic rings. The number of anilines is 1. The molecule has 0 spiro atoms. The lowest BCUT2D eigenvalue weighted by atomic mass is 10.2. The largest absolute Gasteiger partial charge is 0.447 e. The Kier molecular flexibility index (Phi) is 3.86. The van der Waals surface area contributed by atoms with Crippen LogP contribution in [0.15, 0.2) is 48.5 Å². The number of aromatic nitrogens is 2. The molecule has 4 rings (SSSR count). The van der Waals surface area contributed by atoms with Gasteiger partial charge < -0.3 is 9.64 Å². The van der Waals surface area contributed by atoms with Crippen LogP contribution >= 0.6 is 0 Å². The number of carbonyl (C=O) groups excluding carboxylic acids is 2. The van der Waals surface area contributed by atoms with Crippen LogP contribution in [-0.2, 0) is 9.53 Å². The van der Waals surface area contributed by atoms with E-state index in [1.807, 2.05) is 24.3 Å². The van der Waals surface area contributed by atoms with Gasteiger partial charge in [0.2, 0.25) is 0 Å². The van der Waals surface area contributed by atoms with Gasteiger partial charge in [-0.1, -0.05) is 18.2 Å². The van der Waals surface area contributed by atoms with Gasteiger partial charge in [0.15, 0.2) is 11.8 Å². The normalized spacial score (nSPS) is 16.7. The van der Waals surface area contributed by atoms with Crippen LogP contribution in [0.3, 0.4) is 0 Å². The maximum absolute atomic E-state index is 12.6. The van der Waals surface area contributed by atoms with Crippen molar-refractivity contribution in [3.05, 3.63) is 59.8 Å². The highest BCUT2D eigenvalue weighted by Crippen LogP contribution is 2.25. The molecule has 128 valence electrons. The predicted octanol–water partition coefficient (Wildman–Crippen LogP) is 2.40. The first kappa shape index (κ1) is 15.8. The van der Waals surface area contributed by atoms with E-state index in [-0.39, 0.29) is 11.6 Å². The molecule has 1 aromatic heterocycles. The number of nitriles is 1. The van der Waals surface area contributed by atoms with Gasteiger partial charge in [0.25, 0.3) is 5.91 Å². The fraction of sp³-hybridized carbons (Fsp3) is 0.158. The lowest BCUT2D eigenvalue weighted by Crippen LogP contribution is -2.32. The molecule has 2 aromatic carbocycles. The highest BCUT2D eigenvalue weighted by atomic mass is 16.5. The third kappa shape index (κ3) is 2.67. The first-order valence-electron chi connectivity index (χ1n) is 8.13. The number of amides is 1. The molecular weight excluding hydrogens is 332 g/mol. The minimum atomic E-state index is -0.839. The Morgan fingerprint density at radius 1 is 1.23 bits per heavy atom. The van der Waals surface area contributed by atoms with E-state index in [9.17, 15) is 9.59 Å². The first-order valence-corrected chi connectivity index (χ1v) is 8.13. The van der Waals surface area contributed by atoms with Crippen LogP contribution in [0, 0.1) is 11.3 Å². The summed E-state index contributed by atoms with van der Waals surface area (Å²) in [6.45, 7) is 0.448. The topological polar surface area (TPSA) is 99.1 Å². The maximum Gasteiger partial charge on any atom is 0.360 e. The second-order valence-corrected chi connectivity index (χ2v) is 5.95. The molecule has 0 bridgehead atoms. The smallest absolute Gasteiger partial charge is 0.360 e. The number of H-pyrrole nitrogens is 1. The number of carbonyl (C=O) groups is 2. The van der Waals surface area contributed by atoms with Gasteiger partial charge in [0.05, 0.1) is 17.1 Å². The minimum absolute atomic E-state index is 0.172. The summed E-state index contributed by atoms with van der Waals surface area (Å²) in [7, 11) is 0. The molecule has 1 saturated heterocycles. The minimum Gasteiger partial charge on any atom is -0.447 e. The van der Waals surface area contributed by atoms with Crippen molar-refractivity contribution in [1.29, 1.82) is 5.26 Å². The number of ether oxygens (including phenoxy) is 1. The third-order valence-corrected chi connectivity index (χ3v) is 4.38. The van der Waals surface area contributed by atoms with Crippen molar-refractivity contribution in [1.82, 2.24) is 10.2 Å². The quantitative estimate of drug-likeness (QED) is 0.734. The van der Waals surface area contributed by atoms with E-state index < -0.39 is 12.1 Å². The van der Waals surface area contributed by atoms with Crippen molar-refractivity contribution in [3.8, 4) is 6.07 Å². The lowest BCUT2D eigenvalue weighted by Gasteiger charge is -2.16. The molecule has 1 atom stereocenters. The fourth-order valence-electron chi connectivity index (χ4n) is 3.04. The molecule has 0 saturated carbocycles. The summed E-state index contributed by atoms with van der Waals surface area (Å²) in [5, 5.41) is 16.3. The Morgan fingerprint density at radius 2 is 2.00 bits per heavy atom. The number of aromatic amines is 1. The molecule has 3 aromatic rings. The summed E-state index contributed by atoms with van der Waals surface area (Å²) in [5.74, 6) is -0.898. The van der Waals surface area contributed by atoms with E-state index in [1.165, 1.54) is 0 Å². The zero-order valence-corrected chi connectivity index (χ0v) is 13.7. The van der Waals surface area contributed by atoms with Crippen LogP contribution in [0.4, 0.5) is 5.69 Å². The van der Waals surface area contributed by atoms with E-state index in [0.717, 1.165) is 5.52 Å². The van der Waals surface area contributed by atoms with E-state index >= 15 is 0 Å². The zero-order chi connectivity index (χ0) is 18.1. The predicted molar refractivity (Wildman–Crippen MR) is 93.4 cm³/mol. The highest BCUT2D eigenvalue weighted by molar-refractivity contribution is 6.04. The van der Waals surface area contributed by atoms with Crippen molar-refractivity contribution in [2.24, 2.45) is 0 Å². The van der Waals surface area contributed by atoms with Gasteiger partial charge in [-0.2, -0.15) is 10.4 Å². The fourth-order valence-corrected chi connectivity index (χ4v) is 3.04. The molecule has 26 heavy (non-hydrogen) atoms. The van der Waals surface area contributed by atoms with Crippen LogP contribution in [-0.4, -0.2) is 34.7 Å². The maximum atomic E-state index is 12.6. The summed E-state index contributed by atoms with van der Waals surface area (Å²) in [6.07, 6.45) is -0.430. The average Bonchev–Trinajstić information content (AvgIpc) is 3.26. The van der Waals surface area contributed by atoms with E-state index in [1.54, 1.807) is 35.2 Å². The summed E-state index contributed by atoms with van der Waals surface area (Å²) in [6, 6.07) is 16.0. The summed E-state index contributed by atoms with van der Waals surface area (Å²) in [5.41, 5.74) is 2.10. The van der Waals surface area contributed by atoms with Gasteiger partial charge in [-0.15, -0.1) is 0 Å². The molecular formula is C19H14N4O3. The van der Waals surface area contributed by atoms with Crippen molar-refractivity contribution >= 4 is 28.5 Å². The Hall–Kier alpha value is -3.66. The van der Waals surface area contributed by atoms with Crippen LogP contribution in [0.2, 0.25) is 0 Å². The van der Waals surface area contributed by atoms with E-state index in [0.29, 0.717) is 29.6 Å². The average molecular weight is 346 g/mol. The van der Waals surface area contributed by atoms with Gasteiger partial charge in [-0.05, 0) is 30.3 Å². The van der Waals surface area contributed by atoms with Crippen LogP contribution in [0.25, 0.3) is 10.9 Å². The molecule has 7 heteroatoms. The molecule has 1 amide bonds. The Morgan fingerprint density at radius 3 is 2.77 bits per heavy atom. The molecule has 1 N–H and O–H groups in total. The van der Waals surface area contributed by atoms with Crippen LogP contribution in [0.1, 0.15) is 22.5 Å². The molecule has 1 fully saturated rings. The summed E-state index contributed by atoms with van der Waals surface area (Å²) >= 11 is 0. The molecule has 7 nitrogen and oxygen atoms in total. The number of nitrogens with zero attached hydrogens (tertiary/aromatic N) is 3. The highest BCUT2D eigenvalue weighted by Gasteiger charge is 2.36. The second kappa shape index (κ2) is 6.33. The second-order valence-electron chi connectivity index (χ2n) is 5.95. The zero-order valence-electron chi connectivity index (χ0n) is 13.7. The van der Waals surface area contributed by atoms with Crippen molar-refractivity contribution in [2.45, 2.75) is 12.5 Å². The Labute approximate surface area is 148 Å². The van der Waals surface area contributed by atoms with Crippen molar-refractivity contribution < 1.29 is 14.3 Å². The van der Waals surface area contributed by atoms with Gasteiger partial charge in [0, 0.05) is 24.0 Å². The van der Waals surface area contributed by atoms with E-state index in [2.05, 4.69) is 10.2 Å². The van der Waals surface area contributed by atoms with Crippen molar-refractivity contribution in [3.63, 3.8) is 0 Å². The number of hydrogen-bond acceptors (Lipinski definition) is 5. The Balaban J connectivity index is 1.50. The van der Waals surface area contributed by atoms with Gasteiger partial charge in [0.1, 0.15) is 0 Å². The lowest BCUT2D eigenvalue weighted by molar-refractivity contribution is -0.124.